The van der Waals surface area contributed by atoms with E-state index in [1.54, 1.807) is 12.1 Å². The van der Waals surface area contributed by atoms with E-state index in [4.69, 9.17) is 29.4 Å². The van der Waals surface area contributed by atoms with Crippen LogP contribution in [0.2, 0.25) is 0 Å². The van der Waals surface area contributed by atoms with Crippen molar-refractivity contribution < 1.29 is 38.7 Å². The third-order valence-electron chi connectivity index (χ3n) is 7.37. The van der Waals surface area contributed by atoms with Gasteiger partial charge in [0.2, 0.25) is 18.4 Å². The van der Waals surface area contributed by atoms with Crippen LogP contribution in [0.1, 0.15) is 35.1 Å². The molecule has 0 bridgehead atoms. The van der Waals surface area contributed by atoms with Gasteiger partial charge in [0.25, 0.3) is 0 Å². The highest BCUT2D eigenvalue weighted by Crippen LogP contribution is 2.56. The first-order valence-corrected chi connectivity index (χ1v) is 12.3. The van der Waals surface area contributed by atoms with Gasteiger partial charge in [0.05, 0.1) is 26.9 Å². The van der Waals surface area contributed by atoms with Crippen molar-refractivity contribution in [1.29, 1.82) is 0 Å². The highest BCUT2D eigenvalue weighted by Gasteiger charge is 2.52. The molecule has 0 spiro atoms. The average Bonchev–Trinajstić information content (AvgIpc) is 3.52. The van der Waals surface area contributed by atoms with E-state index in [1.807, 2.05) is 12.1 Å². The Morgan fingerprint density at radius 1 is 1.08 bits per heavy atom. The molecular weight excluding hydrogens is 482 g/mol. The van der Waals surface area contributed by atoms with Gasteiger partial charge in [0.1, 0.15) is 0 Å². The number of carbonyl (C=O) groups is 1. The number of hydrogen-bond acceptors (Lipinski definition) is 10. The molecular formula is C26H33N3O8. The lowest BCUT2D eigenvalue weighted by Crippen LogP contribution is -2.44. The summed E-state index contributed by atoms with van der Waals surface area (Å²) in [5.41, 5.74) is 8.00. The molecule has 11 heteroatoms. The molecule has 1 aliphatic carbocycles. The maximum absolute atomic E-state index is 12.9. The number of aliphatic hydroxyl groups is 1. The Hall–Kier alpha value is -3.25. The minimum absolute atomic E-state index is 0.103. The van der Waals surface area contributed by atoms with Crippen LogP contribution in [0.25, 0.3) is 0 Å². The van der Waals surface area contributed by atoms with E-state index >= 15 is 0 Å². The number of ether oxygens (including phenoxy) is 5. The van der Waals surface area contributed by atoms with Crippen molar-refractivity contribution in [3.63, 3.8) is 0 Å². The molecule has 37 heavy (non-hydrogen) atoms. The lowest BCUT2D eigenvalue weighted by Gasteiger charge is -2.41. The highest BCUT2D eigenvalue weighted by atomic mass is 16.7. The molecule has 2 aliphatic heterocycles. The number of amides is 1. The summed E-state index contributed by atoms with van der Waals surface area (Å²) in [6.45, 7) is 2.00. The van der Waals surface area contributed by atoms with Crippen molar-refractivity contribution in [2.75, 3.05) is 47.3 Å². The van der Waals surface area contributed by atoms with Gasteiger partial charge in [-0.2, -0.15) is 0 Å². The maximum Gasteiger partial charge on any atom is 0.231 e. The zero-order chi connectivity index (χ0) is 26.1. The second-order valence-corrected chi connectivity index (χ2v) is 9.39. The van der Waals surface area contributed by atoms with E-state index in [0.717, 1.165) is 16.7 Å². The van der Waals surface area contributed by atoms with E-state index in [2.05, 4.69) is 10.6 Å². The molecule has 2 aromatic rings. The number of phenols is 1. The normalized spacial score (nSPS) is 25.4. The van der Waals surface area contributed by atoms with Gasteiger partial charge >= 0.3 is 0 Å². The quantitative estimate of drug-likeness (QED) is 0.305. The zero-order valence-electron chi connectivity index (χ0n) is 20.9. The summed E-state index contributed by atoms with van der Waals surface area (Å²) >= 11 is 0. The Morgan fingerprint density at radius 2 is 1.76 bits per heavy atom. The lowest BCUT2D eigenvalue weighted by molar-refractivity contribution is -0.122. The Labute approximate surface area is 214 Å². The third-order valence-corrected chi connectivity index (χ3v) is 7.37. The van der Waals surface area contributed by atoms with Gasteiger partial charge in [-0.25, -0.2) is 0 Å². The molecule has 0 radical (unpaired) electrons. The summed E-state index contributed by atoms with van der Waals surface area (Å²) in [7, 11) is 2.94. The summed E-state index contributed by atoms with van der Waals surface area (Å²) in [5.74, 6) is 0.476. The van der Waals surface area contributed by atoms with Crippen molar-refractivity contribution in [1.82, 2.24) is 10.6 Å². The minimum Gasteiger partial charge on any atom is -0.502 e. The van der Waals surface area contributed by atoms with Crippen molar-refractivity contribution >= 4 is 5.91 Å². The average molecular weight is 516 g/mol. The molecule has 11 nitrogen and oxygen atoms in total. The smallest absolute Gasteiger partial charge is 0.231 e. The summed E-state index contributed by atoms with van der Waals surface area (Å²) in [6, 6.07) is 6.86. The summed E-state index contributed by atoms with van der Waals surface area (Å²) in [6.07, 6.45) is -0.780. The van der Waals surface area contributed by atoms with Gasteiger partial charge < -0.3 is 50.3 Å². The molecule has 3 aliphatic rings. The van der Waals surface area contributed by atoms with E-state index in [0.29, 0.717) is 31.1 Å². The molecule has 1 unspecified atom stereocenters. The van der Waals surface area contributed by atoms with Gasteiger partial charge in [-0.1, -0.05) is 0 Å². The van der Waals surface area contributed by atoms with Crippen LogP contribution in [0, 0.1) is 11.8 Å². The van der Waals surface area contributed by atoms with Gasteiger partial charge in [0, 0.05) is 43.8 Å². The number of aromatic hydroxyl groups is 1. The van der Waals surface area contributed by atoms with Crippen LogP contribution in [0.4, 0.5) is 0 Å². The first-order valence-electron chi connectivity index (χ1n) is 12.3. The fourth-order valence-electron chi connectivity index (χ4n) is 5.68. The number of benzene rings is 2. The second-order valence-electron chi connectivity index (χ2n) is 9.39. The number of nitrogens with one attached hydrogen (secondary N) is 2. The van der Waals surface area contributed by atoms with Crippen LogP contribution >= 0.6 is 0 Å². The number of nitrogens with two attached hydrogens (primary N) is 1. The van der Waals surface area contributed by atoms with Crippen LogP contribution in [0.15, 0.2) is 24.3 Å². The molecule has 200 valence electrons. The molecule has 1 fully saturated rings. The van der Waals surface area contributed by atoms with Crippen molar-refractivity contribution in [2.45, 2.75) is 24.7 Å². The number of aliphatic hydroxyl groups excluding tert-OH is 1. The lowest BCUT2D eigenvalue weighted by atomic mass is 9.65. The molecule has 2 aromatic carbocycles. The fourth-order valence-corrected chi connectivity index (χ4v) is 5.68. The number of hydrogen-bond donors (Lipinski definition) is 5. The van der Waals surface area contributed by atoms with Crippen LogP contribution in [-0.4, -0.2) is 69.7 Å². The van der Waals surface area contributed by atoms with E-state index in [-0.39, 0.29) is 54.8 Å². The molecule has 0 aromatic heterocycles. The summed E-state index contributed by atoms with van der Waals surface area (Å²) < 4.78 is 27.9. The van der Waals surface area contributed by atoms with E-state index in [1.165, 1.54) is 14.2 Å². The van der Waals surface area contributed by atoms with Crippen LogP contribution in [0.3, 0.4) is 0 Å². The third kappa shape index (κ3) is 4.63. The zero-order valence-corrected chi connectivity index (χ0v) is 20.9. The van der Waals surface area contributed by atoms with Gasteiger partial charge in [-0.3, -0.25) is 4.79 Å². The van der Waals surface area contributed by atoms with E-state index < -0.39 is 18.2 Å². The van der Waals surface area contributed by atoms with Crippen molar-refractivity contribution in [2.24, 2.45) is 17.6 Å². The monoisotopic (exact) mass is 515 g/mol. The Kier molecular flexibility index (Phi) is 7.29. The van der Waals surface area contributed by atoms with Crippen LogP contribution in [0.5, 0.6) is 28.7 Å². The molecule has 2 heterocycles. The van der Waals surface area contributed by atoms with Crippen LogP contribution in [-0.2, 0) is 9.53 Å². The van der Waals surface area contributed by atoms with Crippen molar-refractivity contribution in [3.05, 3.63) is 41.0 Å². The second kappa shape index (κ2) is 10.6. The number of methoxy groups -OCH3 is 2. The highest BCUT2D eigenvalue weighted by molar-refractivity contribution is 5.77. The number of rotatable bonds is 9. The maximum atomic E-state index is 12.9. The number of fused-ring (bicyclic) bond motifs is 3. The molecule has 0 saturated carbocycles. The SMILES string of the molecule is COc1cc([C@@H]2c3cc4c(cc3[C@@H](NC(=O)CCNCCN)[C@H]3COC(O)[C@H]23)OCO4)cc(OC)c1O. The first-order chi connectivity index (χ1) is 18.0. The summed E-state index contributed by atoms with van der Waals surface area (Å²) in [5, 5.41) is 27.8. The van der Waals surface area contributed by atoms with Crippen molar-refractivity contribution in [3.8, 4) is 28.7 Å². The largest absolute Gasteiger partial charge is 0.502 e. The molecule has 1 saturated heterocycles. The standard InChI is InChI=1S/C26H33N3O8/c1-33-19-7-13(8-20(34-2)25(19)31)22-14-9-17-18(37-12-36-17)10-15(14)24(16-11-35-26(32)23(16)22)29-21(30)3-5-28-6-4-27/h7-10,16,22-24,26,28,31-32H,3-6,11-12,27H2,1-2H3,(H,29,30)/t16-,22+,23-,24+,26?/m0/s1. The molecule has 5 rings (SSSR count). The Bertz CT molecular complexity index is 1130. The number of carbonyl (C=O) groups excluding carboxylic acids is 1. The topological polar surface area (TPSA) is 154 Å². The van der Waals surface area contributed by atoms with Gasteiger partial charge in [-0.05, 0) is 41.0 Å². The number of phenolic OH excluding ortho intramolecular Hbond substituents is 1. The molecule has 6 N–H and O–H groups in total. The summed E-state index contributed by atoms with van der Waals surface area (Å²) in [4.78, 5) is 12.9. The fraction of sp³-hybridized carbons (Fsp3) is 0.500. The van der Waals surface area contributed by atoms with Gasteiger partial charge in [0.15, 0.2) is 29.3 Å². The van der Waals surface area contributed by atoms with Gasteiger partial charge in [-0.15, -0.1) is 0 Å². The van der Waals surface area contributed by atoms with E-state index in [9.17, 15) is 15.0 Å². The predicted molar refractivity (Wildman–Crippen MR) is 132 cm³/mol. The predicted octanol–water partition coefficient (Wildman–Crippen LogP) is 0.960. The molecule has 5 atom stereocenters. The first kappa shape index (κ1) is 25.4. The molecule has 1 amide bonds. The Balaban J connectivity index is 1.59. The minimum atomic E-state index is -1.06. The Morgan fingerprint density at radius 3 is 2.41 bits per heavy atom. The van der Waals surface area contributed by atoms with Crippen LogP contribution < -0.4 is 35.3 Å².